The molecule has 0 saturated carbocycles. The molecule has 6 rings (SSSR count). The highest BCUT2D eigenvalue weighted by atomic mass is 16.7. The number of piperidine rings is 1. The van der Waals surface area contributed by atoms with Gasteiger partial charge in [0.15, 0.2) is 6.29 Å². The van der Waals surface area contributed by atoms with Gasteiger partial charge < -0.3 is 19.1 Å². The molecule has 2 aliphatic rings. The van der Waals surface area contributed by atoms with Crippen molar-refractivity contribution in [2.24, 2.45) is 5.92 Å². The molecule has 0 atom stereocenters. The molecule has 42 heavy (non-hydrogen) atoms. The topological polar surface area (TPSA) is 30.9 Å². The van der Waals surface area contributed by atoms with Gasteiger partial charge in [-0.3, -0.25) is 0 Å². The summed E-state index contributed by atoms with van der Waals surface area (Å²) in [6, 6.07) is 37.1. The normalized spacial score (nSPS) is 15.6. The average Bonchev–Trinajstić information content (AvgIpc) is 3.07. The van der Waals surface area contributed by atoms with E-state index in [2.05, 4.69) is 102 Å². The summed E-state index contributed by atoms with van der Waals surface area (Å²) in [5.74, 6) is 1.57. The summed E-state index contributed by atoms with van der Waals surface area (Å²) in [5, 5.41) is 0. The first-order chi connectivity index (χ1) is 20.7. The minimum absolute atomic E-state index is 0.0993. The Morgan fingerprint density at radius 1 is 0.738 bits per heavy atom. The molecule has 0 aromatic heterocycles. The molecule has 1 heterocycles. The van der Waals surface area contributed by atoms with Crippen molar-refractivity contribution in [1.82, 2.24) is 0 Å². The van der Waals surface area contributed by atoms with Crippen molar-refractivity contribution < 1.29 is 14.2 Å². The first-order valence-electron chi connectivity index (χ1n) is 15.2. The summed E-state index contributed by atoms with van der Waals surface area (Å²) in [6.45, 7) is 2.71. The summed E-state index contributed by atoms with van der Waals surface area (Å²) in [6.07, 6.45) is 5.21. The van der Waals surface area contributed by atoms with Crippen LogP contribution in [0.2, 0.25) is 0 Å². The molecule has 4 aromatic carbocycles. The number of anilines is 1. The number of benzene rings is 4. The van der Waals surface area contributed by atoms with Gasteiger partial charge in [0.2, 0.25) is 0 Å². The molecule has 0 bridgehead atoms. The van der Waals surface area contributed by atoms with Gasteiger partial charge in [-0.2, -0.15) is 0 Å². The van der Waals surface area contributed by atoms with Crippen LogP contribution in [0.15, 0.2) is 103 Å². The number of hydrogen-bond acceptors (Lipinski definition) is 4. The molecule has 4 heteroatoms. The molecule has 1 fully saturated rings. The number of aryl methyl sites for hydroxylation is 1. The van der Waals surface area contributed by atoms with Crippen molar-refractivity contribution >= 4 is 16.8 Å². The Hall–Kier alpha value is -3.86. The summed E-state index contributed by atoms with van der Waals surface area (Å²) in [7, 11) is 3.46. The molecule has 0 N–H and O–H groups in total. The van der Waals surface area contributed by atoms with E-state index >= 15 is 0 Å². The third-order valence-corrected chi connectivity index (χ3v) is 8.85. The van der Waals surface area contributed by atoms with Crippen LogP contribution in [-0.4, -0.2) is 33.6 Å². The van der Waals surface area contributed by atoms with E-state index in [1.165, 1.54) is 44.7 Å². The van der Waals surface area contributed by atoms with Crippen molar-refractivity contribution in [3.8, 4) is 5.75 Å². The Balaban J connectivity index is 1.24. The molecule has 1 saturated heterocycles. The van der Waals surface area contributed by atoms with E-state index in [9.17, 15) is 0 Å². The third kappa shape index (κ3) is 6.46. The Morgan fingerprint density at radius 3 is 2.12 bits per heavy atom. The van der Waals surface area contributed by atoms with Crippen molar-refractivity contribution in [3.63, 3.8) is 0 Å². The van der Waals surface area contributed by atoms with Crippen LogP contribution in [0.5, 0.6) is 5.75 Å². The highest BCUT2D eigenvalue weighted by molar-refractivity contribution is 6.01. The number of methoxy groups -OCH3 is 2. The average molecular weight is 560 g/mol. The van der Waals surface area contributed by atoms with Crippen LogP contribution in [0.25, 0.3) is 11.1 Å². The quantitative estimate of drug-likeness (QED) is 0.183. The SMILES string of the molecule is COC(CC1CCN(c2ccc(C3=C(c4ccccc4)CCc4cc(OCc5ccccc5)ccc43)cc2)CC1)OC. The lowest BCUT2D eigenvalue weighted by Gasteiger charge is -2.34. The van der Waals surface area contributed by atoms with Crippen molar-refractivity contribution in [2.45, 2.75) is 45.0 Å². The molecule has 0 unspecified atom stereocenters. The van der Waals surface area contributed by atoms with Crippen molar-refractivity contribution in [3.05, 3.63) is 131 Å². The molecular formula is C38H41NO3. The Kier molecular flexibility index (Phi) is 9.03. The second-order valence-electron chi connectivity index (χ2n) is 11.4. The Bertz CT molecular complexity index is 1470. The molecule has 4 aromatic rings. The van der Waals surface area contributed by atoms with Crippen LogP contribution < -0.4 is 9.64 Å². The minimum atomic E-state index is -0.0993. The minimum Gasteiger partial charge on any atom is -0.489 e. The summed E-state index contributed by atoms with van der Waals surface area (Å²) >= 11 is 0. The number of fused-ring (bicyclic) bond motifs is 1. The van der Waals surface area contributed by atoms with E-state index in [1.54, 1.807) is 14.2 Å². The second kappa shape index (κ2) is 13.4. The van der Waals surface area contributed by atoms with E-state index < -0.39 is 0 Å². The lowest BCUT2D eigenvalue weighted by atomic mass is 9.79. The van der Waals surface area contributed by atoms with Gasteiger partial charge in [-0.25, -0.2) is 0 Å². The maximum atomic E-state index is 6.20. The largest absolute Gasteiger partial charge is 0.489 e. The highest BCUT2D eigenvalue weighted by Crippen LogP contribution is 2.42. The lowest BCUT2D eigenvalue weighted by Crippen LogP contribution is -2.35. The predicted molar refractivity (Wildman–Crippen MR) is 172 cm³/mol. The predicted octanol–water partition coefficient (Wildman–Crippen LogP) is 8.40. The second-order valence-corrected chi connectivity index (χ2v) is 11.4. The summed E-state index contributed by atoms with van der Waals surface area (Å²) in [4.78, 5) is 2.52. The number of ether oxygens (including phenoxy) is 3. The van der Waals surface area contributed by atoms with Gasteiger partial charge in [0.1, 0.15) is 12.4 Å². The monoisotopic (exact) mass is 559 g/mol. The van der Waals surface area contributed by atoms with E-state index in [1.807, 2.05) is 6.07 Å². The zero-order chi connectivity index (χ0) is 28.7. The fourth-order valence-corrected chi connectivity index (χ4v) is 6.48. The van der Waals surface area contributed by atoms with Crippen LogP contribution in [0.4, 0.5) is 5.69 Å². The Morgan fingerprint density at radius 2 is 1.43 bits per heavy atom. The van der Waals surface area contributed by atoms with Gasteiger partial charge >= 0.3 is 0 Å². The van der Waals surface area contributed by atoms with Gasteiger partial charge in [0.25, 0.3) is 0 Å². The molecular weight excluding hydrogens is 518 g/mol. The molecule has 1 aliphatic heterocycles. The molecule has 0 radical (unpaired) electrons. The number of rotatable bonds is 10. The lowest BCUT2D eigenvalue weighted by molar-refractivity contribution is -0.115. The first kappa shape index (κ1) is 28.3. The zero-order valence-corrected chi connectivity index (χ0v) is 24.8. The number of nitrogens with zero attached hydrogens (tertiary/aromatic N) is 1. The smallest absolute Gasteiger partial charge is 0.157 e. The summed E-state index contributed by atoms with van der Waals surface area (Å²) < 4.78 is 17.1. The van der Waals surface area contributed by atoms with Gasteiger partial charge in [-0.15, -0.1) is 0 Å². The molecule has 0 spiro atoms. The zero-order valence-electron chi connectivity index (χ0n) is 24.8. The third-order valence-electron chi connectivity index (χ3n) is 8.85. The molecule has 216 valence electrons. The van der Waals surface area contributed by atoms with Crippen molar-refractivity contribution in [2.75, 3.05) is 32.2 Å². The maximum absolute atomic E-state index is 6.20. The number of allylic oxidation sites excluding steroid dienone is 1. The van der Waals surface area contributed by atoms with Crippen LogP contribution in [0.3, 0.4) is 0 Å². The van der Waals surface area contributed by atoms with Crippen LogP contribution in [0.1, 0.15) is 53.5 Å². The molecule has 0 amide bonds. The van der Waals surface area contributed by atoms with E-state index in [0.29, 0.717) is 12.5 Å². The molecule has 4 nitrogen and oxygen atoms in total. The fraction of sp³-hybridized carbons (Fsp3) is 0.316. The van der Waals surface area contributed by atoms with Gasteiger partial charge in [-0.1, -0.05) is 78.9 Å². The number of hydrogen-bond donors (Lipinski definition) is 0. The standard InChI is InChI=1S/C38H41NO3/c1-40-37(41-2)25-28-21-23-39(24-22-28)33-16-13-31(14-17-33)38-35(30-11-7-4-8-12-30)19-15-32-26-34(18-20-36(32)38)42-27-29-9-5-3-6-10-29/h3-14,16-18,20,26,28,37H,15,19,21-25,27H2,1-2H3. The van der Waals surface area contributed by atoms with Crippen LogP contribution in [0, 0.1) is 5.92 Å². The van der Waals surface area contributed by atoms with E-state index in [-0.39, 0.29) is 6.29 Å². The van der Waals surface area contributed by atoms with Crippen LogP contribution in [-0.2, 0) is 22.5 Å². The van der Waals surface area contributed by atoms with Gasteiger partial charge in [0.05, 0.1) is 0 Å². The highest BCUT2D eigenvalue weighted by Gasteiger charge is 2.24. The maximum Gasteiger partial charge on any atom is 0.157 e. The Labute approximate surface area is 250 Å². The first-order valence-corrected chi connectivity index (χ1v) is 15.2. The summed E-state index contributed by atoms with van der Waals surface area (Å²) in [5.41, 5.74) is 10.5. The molecule has 1 aliphatic carbocycles. The van der Waals surface area contributed by atoms with Crippen molar-refractivity contribution in [1.29, 1.82) is 0 Å². The van der Waals surface area contributed by atoms with Gasteiger partial charge in [0, 0.05) is 39.4 Å². The van der Waals surface area contributed by atoms with E-state index in [0.717, 1.165) is 50.9 Å². The fourth-order valence-electron chi connectivity index (χ4n) is 6.48. The van der Waals surface area contributed by atoms with E-state index in [4.69, 9.17) is 14.2 Å². The van der Waals surface area contributed by atoms with Gasteiger partial charge in [-0.05, 0) is 94.8 Å². The van der Waals surface area contributed by atoms with Crippen LogP contribution >= 0.6 is 0 Å².